The summed E-state index contributed by atoms with van der Waals surface area (Å²) in [6.45, 7) is 4.12. The molecule has 5 fully saturated rings. The van der Waals surface area contributed by atoms with E-state index in [9.17, 15) is 9.59 Å². The smallest absolute Gasteiger partial charge is 0.243 e. The van der Waals surface area contributed by atoms with Crippen LogP contribution >= 0.6 is 0 Å². The zero-order chi connectivity index (χ0) is 22.4. The van der Waals surface area contributed by atoms with Crippen molar-refractivity contribution in [3.8, 4) is 0 Å². The minimum absolute atomic E-state index is 0.0177. The molecule has 8 nitrogen and oxygen atoms in total. The predicted molar refractivity (Wildman–Crippen MR) is 124 cm³/mol. The zero-order valence-corrected chi connectivity index (χ0v) is 19.1. The van der Waals surface area contributed by atoms with Crippen LogP contribution in [-0.2, 0) is 20.9 Å². The molecule has 0 atom stereocenters. The molecule has 1 aromatic heterocycles. The topological polar surface area (TPSA) is 99.3 Å². The summed E-state index contributed by atoms with van der Waals surface area (Å²) < 4.78 is 5.41. The highest BCUT2D eigenvalue weighted by Crippen LogP contribution is 2.60. The van der Waals surface area contributed by atoms with Crippen LogP contribution in [-0.4, -0.2) is 59.5 Å². The van der Waals surface area contributed by atoms with Gasteiger partial charge in [0.1, 0.15) is 5.82 Å². The van der Waals surface area contributed by atoms with Crippen molar-refractivity contribution >= 4 is 28.5 Å². The van der Waals surface area contributed by atoms with Gasteiger partial charge < -0.3 is 20.4 Å². The van der Waals surface area contributed by atoms with E-state index in [2.05, 4.69) is 25.5 Å². The summed E-state index contributed by atoms with van der Waals surface area (Å²) in [4.78, 5) is 36.0. The molecule has 2 amide bonds. The summed E-state index contributed by atoms with van der Waals surface area (Å²) in [7, 11) is 0. The van der Waals surface area contributed by atoms with Gasteiger partial charge in [0.15, 0.2) is 0 Å². The number of benzene rings is 1. The van der Waals surface area contributed by atoms with E-state index in [-0.39, 0.29) is 23.8 Å². The third kappa shape index (κ3) is 4.26. The molecular weight excluding hydrogens is 418 g/mol. The lowest BCUT2D eigenvalue weighted by Gasteiger charge is -2.55. The number of amides is 2. The van der Waals surface area contributed by atoms with Gasteiger partial charge in [-0.25, -0.2) is 4.98 Å². The molecule has 33 heavy (non-hydrogen) atoms. The maximum Gasteiger partial charge on any atom is 0.243 e. The van der Waals surface area contributed by atoms with Crippen LogP contribution in [0.2, 0.25) is 0 Å². The molecule has 3 N–H and O–H groups in total. The highest BCUT2D eigenvalue weighted by Gasteiger charge is 2.54. The molecule has 0 unspecified atom stereocenters. The van der Waals surface area contributed by atoms with Gasteiger partial charge in [-0.2, -0.15) is 0 Å². The minimum Gasteiger partial charge on any atom is -0.379 e. The first kappa shape index (κ1) is 21.1. The SMILES string of the molecule is O=C(CNC(=O)C12CC3CC(CC(C3)C1)C2)Nc1ccc2nc(CN3CCOCC3)[nH]c2c1. The number of hydrogen-bond acceptors (Lipinski definition) is 5. The number of imidazole rings is 1. The molecule has 0 spiro atoms. The Kier molecular flexibility index (Phi) is 5.37. The highest BCUT2D eigenvalue weighted by molar-refractivity contribution is 5.96. The van der Waals surface area contributed by atoms with Crippen LogP contribution in [0.1, 0.15) is 44.3 Å². The van der Waals surface area contributed by atoms with Crippen LogP contribution < -0.4 is 10.6 Å². The maximum atomic E-state index is 13.1. The Balaban J connectivity index is 1.05. The Bertz CT molecular complexity index is 1020. The lowest BCUT2D eigenvalue weighted by Crippen LogP contribution is -2.54. The third-order valence-corrected chi connectivity index (χ3v) is 8.22. The molecule has 7 rings (SSSR count). The summed E-state index contributed by atoms with van der Waals surface area (Å²) >= 11 is 0. The molecule has 2 heterocycles. The molecule has 4 saturated carbocycles. The molecule has 0 radical (unpaired) electrons. The number of fused-ring (bicyclic) bond motifs is 1. The lowest BCUT2D eigenvalue weighted by molar-refractivity contribution is -0.146. The number of aromatic amines is 1. The van der Waals surface area contributed by atoms with E-state index in [4.69, 9.17) is 4.74 Å². The Labute approximate surface area is 193 Å². The van der Waals surface area contributed by atoms with Gasteiger partial charge in [0.2, 0.25) is 11.8 Å². The number of hydrogen-bond donors (Lipinski definition) is 3. The predicted octanol–water partition coefficient (Wildman–Crippen LogP) is 2.67. The van der Waals surface area contributed by atoms with Crippen molar-refractivity contribution in [3.05, 3.63) is 24.0 Å². The van der Waals surface area contributed by atoms with Crippen molar-refractivity contribution < 1.29 is 14.3 Å². The minimum atomic E-state index is -0.221. The number of nitrogens with one attached hydrogen (secondary N) is 3. The van der Waals surface area contributed by atoms with E-state index in [1.807, 2.05) is 18.2 Å². The van der Waals surface area contributed by atoms with Gasteiger partial charge in [-0.3, -0.25) is 14.5 Å². The highest BCUT2D eigenvalue weighted by atomic mass is 16.5. The van der Waals surface area contributed by atoms with Crippen molar-refractivity contribution in [1.29, 1.82) is 0 Å². The van der Waals surface area contributed by atoms with E-state index in [0.29, 0.717) is 23.4 Å². The third-order valence-electron chi connectivity index (χ3n) is 8.22. The van der Waals surface area contributed by atoms with E-state index >= 15 is 0 Å². The van der Waals surface area contributed by atoms with Crippen molar-refractivity contribution in [2.45, 2.75) is 45.1 Å². The fourth-order valence-corrected chi connectivity index (χ4v) is 7.13. The van der Waals surface area contributed by atoms with Gasteiger partial charge in [-0.1, -0.05) is 0 Å². The quantitative estimate of drug-likeness (QED) is 0.627. The van der Waals surface area contributed by atoms with Gasteiger partial charge in [0.25, 0.3) is 0 Å². The molecule has 1 aliphatic heterocycles. The molecule has 4 bridgehead atoms. The van der Waals surface area contributed by atoms with E-state index in [0.717, 1.165) is 69.0 Å². The Morgan fingerprint density at radius 1 is 1.09 bits per heavy atom. The summed E-state index contributed by atoms with van der Waals surface area (Å²) in [6, 6.07) is 5.68. The number of carbonyl (C=O) groups is 2. The van der Waals surface area contributed by atoms with Crippen LogP contribution in [0.25, 0.3) is 11.0 Å². The van der Waals surface area contributed by atoms with Crippen LogP contribution in [0.4, 0.5) is 5.69 Å². The second-order valence-corrected chi connectivity index (χ2v) is 10.7. The Morgan fingerprint density at radius 3 is 2.48 bits per heavy atom. The van der Waals surface area contributed by atoms with Crippen molar-refractivity contribution in [2.75, 3.05) is 38.2 Å². The van der Waals surface area contributed by atoms with Gasteiger partial charge >= 0.3 is 0 Å². The first-order chi connectivity index (χ1) is 16.0. The van der Waals surface area contributed by atoms with Crippen LogP contribution in [0.15, 0.2) is 18.2 Å². The number of morpholine rings is 1. The van der Waals surface area contributed by atoms with E-state index in [1.165, 1.54) is 19.3 Å². The number of ether oxygens (including phenoxy) is 1. The fourth-order valence-electron chi connectivity index (χ4n) is 7.13. The number of aromatic nitrogens is 2. The monoisotopic (exact) mass is 451 g/mol. The summed E-state index contributed by atoms with van der Waals surface area (Å²) in [5.74, 6) is 2.95. The van der Waals surface area contributed by atoms with Crippen LogP contribution in [0, 0.1) is 23.2 Å². The number of anilines is 1. The lowest BCUT2D eigenvalue weighted by atomic mass is 9.49. The molecule has 1 aromatic carbocycles. The molecule has 1 saturated heterocycles. The summed E-state index contributed by atoms with van der Waals surface area (Å²) in [5.41, 5.74) is 2.26. The van der Waals surface area contributed by atoms with Gasteiger partial charge in [-0.05, 0) is 74.5 Å². The van der Waals surface area contributed by atoms with Crippen LogP contribution in [0.3, 0.4) is 0 Å². The summed E-state index contributed by atoms with van der Waals surface area (Å²) in [5, 5.41) is 5.89. The normalized spacial score (nSPS) is 31.1. The zero-order valence-electron chi connectivity index (χ0n) is 19.1. The molecule has 2 aromatic rings. The average Bonchev–Trinajstić information content (AvgIpc) is 3.18. The van der Waals surface area contributed by atoms with Crippen molar-refractivity contribution in [1.82, 2.24) is 20.2 Å². The van der Waals surface area contributed by atoms with E-state index in [1.54, 1.807) is 0 Å². The van der Waals surface area contributed by atoms with Crippen molar-refractivity contribution in [2.24, 2.45) is 23.2 Å². The molecule has 8 heteroatoms. The number of H-pyrrole nitrogens is 1. The number of carbonyl (C=O) groups excluding carboxylic acids is 2. The standard InChI is InChI=1S/C25H33N5O3/c31-23(14-26-24(32)25-11-16-7-17(12-25)9-18(8-16)13-25)27-19-1-2-20-21(10-19)29-22(28-20)15-30-3-5-33-6-4-30/h1-2,10,16-18H,3-9,11-15H2,(H,26,32)(H,27,31)(H,28,29). The average molecular weight is 452 g/mol. The molecule has 5 aliphatic rings. The Hall–Kier alpha value is -2.45. The molecular formula is C25H33N5O3. The first-order valence-electron chi connectivity index (χ1n) is 12.4. The van der Waals surface area contributed by atoms with Gasteiger partial charge in [-0.15, -0.1) is 0 Å². The van der Waals surface area contributed by atoms with Crippen molar-refractivity contribution in [3.63, 3.8) is 0 Å². The van der Waals surface area contributed by atoms with E-state index < -0.39 is 0 Å². The van der Waals surface area contributed by atoms with Gasteiger partial charge in [0.05, 0.1) is 37.3 Å². The second-order valence-electron chi connectivity index (χ2n) is 10.7. The largest absolute Gasteiger partial charge is 0.379 e. The molecule has 4 aliphatic carbocycles. The summed E-state index contributed by atoms with van der Waals surface area (Å²) in [6.07, 6.45) is 6.94. The second kappa shape index (κ2) is 8.40. The Morgan fingerprint density at radius 2 is 1.79 bits per heavy atom. The van der Waals surface area contributed by atoms with Gasteiger partial charge in [0, 0.05) is 24.2 Å². The van der Waals surface area contributed by atoms with Crippen LogP contribution in [0.5, 0.6) is 0 Å². The fraction of sp³-hybridized carbons (Fsp3) is 0.640. The number of nitrogens with zero attached hydrogens (tertiary/aromatic N) is 2. The maximum absolute atomic E-state index is 13.1. The molecule has 176 valence electrons. The number of rotatable bonds is 6. The first-order valence-corrected chi connectivity index (χ1v) is 12.4.